The number of nitrogens with zero attached hydrogens (tertiary/aromatic N) is 2. The van der Waals surface area contributed by atoms with Gasteiger partial charge in [-0.15, -0.1) is 0 Å². The minimum atomic E-state index is -0.611. The summed E-state index contributed by atoms with van der Waals surface area (Å²) in [5, 5.41) is 0. The monoisotopic (exact) mass is 254 g/mol. The standard InChI is InChI=1S/C13H19FN2O2/c1-5-18-12(17)8-13(2,16(3)4)11-7-6-10(14)9-15-11/h6-7,9H,5,8H2,1-4H3. The van der Waals surface area contributed by atoms with E-state index in [9.17, 15) is 9.18 Å². The molecule has 0 fully saturated rings. The van der Waals surface area contributed by atoms with E-state index < -0.39 is 11.4 Å². The largest absolute Gasteiger partial charge is 0.466 e. The van der Waals surface area contributed by atoms with Crippen LogP contribution in [0.15, 0.2) is 18.3 Å². The fourth-order valence-electron chi connectivity index (χ4n) is 1.67. The summed E-state index contributed by atoms with van der Waals surface area (Å²) < 4.78 is 17.9. The highest BCUT2D eigenvalue weighted by molar-refractivity contribution is 5.71. The lowest BCUT2D eigenvalue weighted by Crippen LogP contribution is -2.41. The van der Waals surface area contributed by atoms with Crippen LogP contribution in [0, 0.1) is 5.82 Å². The Morgan fingerprint density at radius 1 is 1.50 bits per heavy atom. The van der Waals surface area contributed by atoms with Crippen LogP contribution in [-0.4, -0.2) is 36.6 Å². The lowest BCUT2D eigenvalue weighted by atomic mass is 9.91. The summed E-state index contributed by atoms with van der Waals surface area (Å²) >= 11 is 0. The highest BCUT2D eigenvalue weighted by Gasteiger charge is 2.34. The SMILES string of the molecule is CCOC(=O)CC(C)(c1ccc(F)cn1)N(C)C. The lowest BCUT2D eigenvalue weighted by molar-refractivity contribution is -0.146. The average Bonchev–Trinajstić information content (AvgIpc) is 2.29. The van der Waals surface area contributed by atoms with Gasteiger partial charge < -0.3 is 4.74 Å². The molecule has 1 aromatic heterocycles. The molecule has 4 nitrogen and oxygen atoms in total. The van der Waals surface area contributed by atoms with Crippen molar-refractivity contribution in [1.29, 1.82) is 0 Å². The predicted octanol–water partition coefficient (Wildman–Crippen LogP) is 1.95. The topological polar surface area (TPSA) is 42.4 Å². The van der Waals surface area contributed by atoms with Crippen LogP contribution in [-0.2, 0) is 15.1 Å². The first kappa shape index (κ1) is 14.6. The molecule has 0 aromatic carbocycles. The van der Waals surface area contributed by atoms with Gasteiger partial charge in [-0.2, -0.15) is 0 Å². The van der Waals surface area contributed by atoms with Crippen molar-refractivity contribution in [2.75, 3.05) is 20.7 Å². The summed E-state index contributed by atoms with van der Waals surface area (Å²) in [4.78, 5) is 17.6. The molecule has 0 aliphatic rings. The molecule has 0 radical (unpaired) electrons. The molecule has 0 spiro atoms. The van der Waals surface area contributed by atoms with E-state index >= 15 is 0 Å². The number of rotatable bonds is 5. The normalized spacial score (nSPS) is 14.3. The number of pyridine rings is 1. The summed E-state index contributed by atoms with van der Waals surface area (Å²) in [6.45, 7) is 3.99. The first-order valence-electron chi connectivity index (χ1n) is 5.85. The van der Waals surface area contributed by atoms with Crippen LogP contribution in [0.4, 0.5) is 4.39 Å². The zero-order valence-corrected chi connectivity index (χ0v) is 11.2. The van der Waals surface area contributed by atoms with Crippen LogP contribution >= 0.6 is 0 Å². The fourth-order valence-corrected chi connectivity index (χ4v) is 1.67. The second-order valence-corrected chi connectivity index (χ2v) is 4.51. The van der Waals surface area contributed by atoms with E-state index in [1.165, 1.54) is 6.07 Å². The van der Waals surface area contributed by atoms with Crippen LogP contribution in [0.1, 0.15) is 26.0 Å². The molecule has 1 heterocycles. The van der Waals surface area contributed by atoms with Crippen molar-refractivity contribution in [3.05, 3.63) is 29.8 Å². The Hall–Kier alpha value is -1.49. The van der Waals surface area contributed by atoms with Crippen LogP contribution < -0.4 is 0 Å². The maximum absolute atomic E-state index is 12.9. The molecule has 0 aliphatic heterocycles. The number of hydrogen-bond donors (Lipinski definition) is 0. The maximum atomic E-state index is 12.9. The second kappa shape index (κ2) is 5.91. The molecule has 0 amide bonds. The van der Waals surface area contributed by atoms with E-state index in [1.807, 2.05) is 25.9 Å². The third kappa shape index (κ3) is 3.26. The van der Waals surface area contributed by atoms with Gasteiger partial charge in [0.15, 0.2) is 0 Å². The highest BCUT2D eigenvalue weighted by atomic mass is 19.1. The smallest absolute Gasteiger partial charge is 0.308 e. The highest BCUT2D eigenvalue weighted by Crippen LogP contribution is 2.28. The summed E-state index contributed by atoms with van der Waals surface area (Å²) in [6, 6.07) is 2.93. The Labute approximate surface area is 107 Å². The first-order valence-corrected chi connectivity index (χ1v) is 5.85. The lowest BCUT2D eigenvalue weighted by Gasteiger charge is -2.35. The van der Waals surface area contributed by atoms with Crippen molar-refractivity contribution >= 4 is 5.97 Å². The molecule has 1 unspecified atom stereocenters. The van der Waals surface area contributed by atoms with E-state index in [1.54, 1.807) is 13.0 Å². The summed E-state index contributed by atoms with van der Waals surface area (Å²) in [6.07, 6.45) is 1.33. The van der Waals surface area contributed by atoms with Crippen LogP contribution in [0.2, 0.25) is 0 Å². The summed E-state index contributed by atoms with van der Waals surface area (Å²) in [7, 11) is 3.70. The molecule has 1 rings (SSSR count). The Balaban J connectivity index is 2.99. The third-order valence-corrected chi connectivity index (χ3v) is 3.06. The Kier molecular flexibility index (Phi) is 4.78. The second-order valence-electron chi connectivity index (χ2n) is 4.51. The number of ether oxygens (including phenoxy) is 1. The number of esters is 1. The van der Waals surface area contributed by atoms with Crippen molar-refractivity contribution in [1.82, 2.24) is 9.88 Å². The Morgan fingerprint density at radius 3 is 2.61 bits per heavy atom. The van der Waals surface area contributed by atoms with Gasteiger partial charge in [-0.05, 0) is 40.1 Å². The maximum Gasteiger partial charge on any atom is 0.308 e. The first-order chi connectivity index (χ1) is 8.40. The molecule has 18 heavy (non-hydrogen) atoms. The van der Waals surface area contributed by atoms with Gasteiger partial charge in [0, 0.05) is 0 Å². The molecule has 0 saturated heterocycles. The van der Waals surface area contributed by atoms with Gasteiger partial charge in [0.1, 0.15) is 5.82 Å². The molecule has 0 N–H and O–H groups in total. The molecular formula is C13H19FN2O2. The van der Waals surface area contributed by atoms with Gasteiger partial charge >= 0.3 is 5.97 Å². The zero-order valence-electron chi connectivity index (χ0n) is 11.2. The van der Waals surface area contributed by atoms with Crippen molar-refractivity contribution in [2.45, 2.75) is 25.8 Å². The number of hydrogen-bond acceptors (Lipinski definition) is 4. The average molecular weight is 254 g/mol. The minimum Gasteiger partial charge on any atom is -0.466 e. The summed E-state index contributed by atoms with van der Waals surface area (Å²) in [5.74, 6) is -0.684. The van der Waals surface area contributed by atoms with Gasteiger partial charge in [-0.25, -0.2) is 4.39 Å². The Bertz CT molecular complexity index is 406. The van der Waals surface area contributed by atoms with Gasteiger partial charge in [0.05, 0.1) is 30.5 Å². The molecule has 1 aromatic rings. The molecule has 5 heteroatoms. The van der Waals surface area contributed by atoms with Crippen molar-refractivity contribution < 1.29 is 13.9 Å². The molecule has 1 atom stereocenters. The van der Waals surface area contributed by atoms with Crippen molar-refractivity contribution in [2.24, 2.45) is 0 Å². The van der Waals surface area contributed by atoms with E-state index in [0.717, 1.165) is 6.20 Å². The van der Waals surface area contributed by atoms with Gasteiger partial charge in [0.25, 0.3) is 0 Å². The molecule has 0 saturated carbocycles. The van der Waals surface area contributed by atoms with Crippen LogP contribution in [0.25, 0.3) is 0 Å². The predicted molar refractivity (Wildman–Crippen MR) is 66.5 cm³/mol. The number of halogens is 1. The third-order valence-electron chi connectivity index (χ3n) is 3.06. The van der Waals surface area contributed by atoms with Gasteiger partial charge in [-0.3, -0.25) is 14.7 Å². The zero-order chi connectivity index (χ0) is 13.8. The quantitative estimate of drug-likeness (QED) is 0.753. The number of aromatic nitrogens is 1. The number of carbonyl (C=O) groups is 1. The van der Waals surface area contributed by atoms with Crippen LogP contribution in [0.5, 0.6) is 0 Å². The van der Waals surface area contributed by atoms with Gasteiger partial charge in [0.2, 0.25) is 0 Å². The molecule has 0 bridgehead atoms. The van der Waals surface area contributed by atoms with E-state index in [0.29, 0.717) is 12.3 Å². The minimum absolute atomic E-state index is 0.173. The van der Waals surface area contributed by atoms with Gasteiger partial charge in [-0.1, -0.05) is 0 Å². The number of carbonyl (C=O) groups excluding carboxylic acids is 1. The molecule has 0 aliphatic carbocycles. The van der Waals surface area contributed by atoms with E-state index in [-0.39, 0.29) is 12.4 Å². The molecule has 100 valence electrons. The molecular weight excluding hydrogens is 235 g/mol. The van der Waals surface area contributed by atoms with Crippen molar-refractivity contribution in [3.8, 4) is 0 Å². The van der Waals surface area contributed by atoms with E-state index in [4.69, 9.17) is 4.74 Å². The Morgan fingerprint density at radius 2 is 2.17 bits per heavy atom. The fraction of sp³-hybridized carbons (Fsp3) is 0.538. The van der Waals surface area contributed by atoms with E-state index in [2.05, 4.69) is 4.98 Å². The van der Waals surface area contributed by atoms with Crippen molar-refractivity contribution in [3.63, 3.8) is 0 Å². The summed E-state index contributed by atoms with van der Waals surface area (Å²) in [5.41, 5.74) is 0.0295. The van der Waals surface area contributed by atoms with Crippen LogP contribution in [0.3, 0.4) is 0 Å².